The summed E-state index contributed by atoms with van der Waals surface area (Å²) < 4.78 is 0. The minimum Gasteiger partial charge on any atom is -0.364 e. The van der Waals surface area contributed by atoms with Crippen LogP contribution in [-0.4, -0.2) is 15.0 Å². The van der Waals surface area contributed by atoms with Crippen molar-refractivity contribution in [3.63, 3.8) is 0 Å². The van der Waals surface area contributed by atoms with Crippen molar-refractivity contribution in [1.82, 2.24) is 15.0 Å². The van der Waals surface area contributed by atoms with E-state index in [1.165, 1.54) is 11.1 Å². The molecule has 2 heterocycles. The third-order valence-electron chi connectivity index (χ3n) is 2.95. The zero-order valence-corrected chi connectivity index (χ0v) is 12.9. The van der Waals surface area contributed by atoms with Crippen LogP contribution in [-0.2, 0) is 6.54 Å². The quantitative estimate of drug-likeness (QED) is 0.784. The van der Waals surface area contributed by atoms with E-state index in [1.54, 1.807) is 17.5 Å². The molecule has 2 aromatic heterocycles. The molecule has 0 atom stereocenters. The number of nitrogens with one attached hydrogen (secondary N) is 1. The van der Waals surface area contributed by atoms with Gasteiger partial charge in [0.05, 0.1) is 24.6 Å². The van der Waals surface area contributed by atoms with Crippen LogP contribution in [0.3, 0.4) is 0 Å². The van der Waals surface area contributed by atoms with Crippen LogP contribution in [0.2, 0.25) is 5.15 Å². The summed E-state index contributed by atoms with van der Waals surface area (Å²) in [5, 5.41) is 4.63. The maximum Gasteiger partial charge on any atom is 0.149 e. The molecule has 0 aliphatic rings. The first-order valence-electron chi connectivity index (χ1n) is 6.45. The van der Waals surface area contributed by atoms with E-state index in [0.717, 1.165) is 16.3 Å². The number of rotatable bonds is 4. The van der Waals surface area contributed by atoms with Crippen LogP contribution < -0.4 is 5.32 Å². The predicted molar refractivity (Wildman–Crippen MR) is 86.7 cm³/mol. The normalized spacial score (nSPS) is 10.6. The highest BCUT2D eigenvalue weighted by Gasteiger charge is 2.09. The highest BCUT2D eigenvalue weighted by Crippen LogP contribution is 2.28. The molecule has 3 aromatic rings. The Bertz CT molecular complexity index is 742. The fourth-order valence-electron chi connectivity index (χ4n) is 1.89. The van der Waals surface area contributed by atoms with E-state index in [4.69, 9.17) is 11.6 Å². The third kappa shape index (κ3) is 3.37. The van der Waals surface area contributed by atoms with Crippen LogP contribution in [0.15, 0.2) is 42.7 Å². The van der Waals surface area contributed by atoms with Gasteiger partial charge in [-0.1, -0.05) is 41.9 Å². The number of hydrogen-bond acceptors (Lipinski definition) is 5. The summed E-state index contributed by atoms with van der Waals surface area (Å²) in [6, 6.07) is 10.2. The van der Waals surface area contributed by atoms with Crippen molar-refractivity contribution in [1.29, 1.82) is 0 Å². The lowest BCUT2D eigenvalue weighted by Crippen LogP contribution is -2.01. The molecule has 0 radical (unpaired) electrons. The molecule has 0 spiro atoms. The molecule has 3 rings (SSSR count). The van der Waals surface area contributed by atoms with Crippen molar-refractivity contribution in [2.24, 2.45) is 0 Å². The molecule has 4 nitrogen and oxygen atoms in total. The molecule has 0 unspecified atom stereocenters. The summed E-state index contributed by atoms with van der Waals surface area (Å²) in [6.07, 6.45) is 3.17. The van der Waals surface area contributed by atoms with Gasteiger partial charge in [0, 0.05) is 10.4 Å². The van der Waals surface area contributed by atoms with Crippen LogP contribution in [0, 0.1) is 6.92 Å². The van der Waals surface area contributed by atoms with Gasteiger partial charge in [-0.3, -0.25) is 4.98 Å². The second-order valence-corrected chi connectivity index (χ2v) is 5.95. The molecule has 106 valence electrons. The van der Waals surface area contributed by atoms with Crippen LogP contribution in [0.4, 0.5) is 5.82 Å². The van der Waals surface area contributed by atoms with Crippen molar-refractivity contribution in [3.05, 3.63) is 58.4 Å². The molecule has 1 N–H and O–H groups in total. The second-order valence-electron chi connectivity index (χ2n) is 4.47. The van der Waals surface area contributed by atoms with Crippen LogP contribution in [0.1, 0.15) is 10.6 Å². The standard InChI is InChI=1S/C15H13ClN4S/c1-10-12(7-18-14-9-17-8-13(16)20-14)21-15(19-10)11-5-3-2-4-6-11/h2-6,8-9H,7H2,1H3,(H,18,20). The van der Waals surface area contributed by atoms with Crippen molar-refractivity contribution in [2.75, 3.05) is 5.32 Å². The van der Waals surface area contributed by atoms with E-state index in [0.29, 0.717) is 17.5 Å². The number of benzene rings is 1. The Hall–Kier alpha value is -1.98. The minimum absolute atomic E-state index is 0.381. The Morgan fingerprint density at radius 2 is 1.95 bits per heavy atom. The molecule has 6 heteroatoms. The van der Waals surface area contributed by atoms with E-state index in [9.17, 15) is 0 Å². The second kappa shape index (κ2) is 6.20. The fourth-order valence-corrected chi connectivity index (χ4v) is 3.05. The SMILES string of the molecule is Cc1nc(-c2ccccc2)sc1CNc1cncc(Cl)n1. The number of anilines is 1. The predicted octanol–water partition coefficient (Wildman–Crippen LogP) is 4.17. The van der Waals surface area contributed by atoms with Crippen molar-refractivity contribution >= 4 is 28.8 Å². The molecule has 1 aromatic carbocycles. The zero-order chi connectivity index (χ0) is 14.7. The first kappa shape index (κ1) is 14.0. The number of aryl methyl sites for hydroxylation is 1. The monoisotopic (exact) mass is 316 g/mol. The molecule has 0 saturated heterocycles. The molecule has 21 heavy (non-hydrogen) atoms. The van der Waals surface area contributed by atoms with Crippen LogP contribution in [0.25, 0.3) is 10.6 Å². The van der Waals surface area contributed by atoms with E-state index in [2.05, 4.69) is 32.4 Å². The molecule has 0 aliphatic heterocycles. The van der Waals surface area contributed by atoms with Crippen molar-refractivity contribution in [3.8, 4) is 10.6 Å². The van der Waals surface area contributed by atoms with Crippen LogP contribution >= 0.6 is 22.9 Å². The lowest BCUT2D eigenvalue weighted by Gasteiger charge is -2.03. The summed E-state index contributed by atoms with van der Waals surface area (Å²) in [5.74, 6) is 0.663. The van der Waals surface area contributed by atoms with Gasteiger partial charge in [-0.2, -0.15) is 0 Å². The lowest BCUT2D eigenvalue weighted by molar-refractivity contribution is 1.08. The summed E-state index contributed by atoms with van der Waals surface area (Å²) in [7, 11) is 0. The van der Waals surface area contributed by atoms with Gasteiger partial charge in [0.1, 0.15) is 16.0 Å². The van der Waals surface area contributed by atoms with Gasteiger partial charge in [0.15, 0.2) is 0 Å². The first-order valence-corrected chi connectivity index (χ1v) is 7.65. The molecule has 0 amide bonds. The van der Waals surface area contributed by atoms with E-state index < -0.39 is 0 Å². The molecule has 0 bridgehead atoms. The Kier molecular flexibility index (Phi) is 4.13. The minimum atomic E-state index is 0.381. The summed E-state index contributed by atoms with van der Waals surface area (Å²) >= 11 is 7.50. The van der Waals surface area contributed by atoms with E-state index in [1.807, 2.05) is 25.1 Å². The van der Waals surface area contributed by atoms with Gasteiger partial charge < -0.3 is 5.32 Å². The van der Waals surface area contributed by atoms with Gasteiger partial charge in [-0.25, -0.2) is 9.97 Å². The summed E-state index contributed by atoms with van der Waals surface area (Å²) in [5.41, 5.74) is 2.17. The molecular weight excluding hydrogens is 304 g/mol. The number of halogens is 1. The smallest absolute Gasteiger partial charge is 0.149 e. The van der Waals surface area contributed by atoms with E-state index in [-0.39, 0.29) is 0 Å². The topological polar surface area (TPSA) is 50.7 Å². The van der Waals surface area contributed by atoms with Crippen molar-refractivity contribution < 1.29 is 0 Å². The average molecular weight is 317 g/mol. The van der Waals surface area contributed by atoms with Gasteiger partial charge in [-0.05, 0) is 6.92 Å². The Morgan fingerprint density at radius 1 is 1.14 bits per heavy atom. The highest BCUT2D eigenvalue weighted by atomic mass is 35.5. The molecule has 0 fully saturated rings. The number of hydrogen-bond donors (Lipinski definition) is 1. The molecule has 0 saturated carbocycles. The lowest BCUT2D eigenvalue weighted by atomic mass is 10.2. The average Bonchev–Trinajstić information content (AvgIpc) is 2.87. The third-order valence-corrected chi connectivity index (χ3v) is 4.34. The Labute approximate surface area is 131 Å². The molecular formula is C15H13ClN4S. The largest absolute Gasteiger partial charge is 0.364 e. The van der Waals surface area contributed by atoms with Gasteiger partial charge in [0.25, 0.3) is 0 Å². The highest BCUT2D eigenvalue weighted by molar-refractivity contribution is 7.15. The number of thiazole rings is 1. The summed E-state index contributed by atoms with van der Waals surface area (Å²) in [4.78, 5) is 14.0. The summed E-state index contributed by atoms with van der Waals surface area (Å²) in [6.45, 7) is 2.68. The maximum atomic E-state index is 5.82. The van der Waals surface area contributed by atoms with Crippen molar-refractivity contribution in [2.45, 2.75) is 13.5 Å². The molecule has 0 aliphatic carbocycles. The maximum absolute atomic E-state index is 5.82. The van der Waals surface area contributed by atoms with Gasteiger partial charge in [0.2, 0.25) is 0 Å². The number of aromatic nitrogens is 3. The first-order chi connectivity index (χ1) is 10.2. The van der Waals surface area contributed by atoms with Gasteiger partial charge >= 0.3 is 0 Å². The Balaban J connectivity index is 1.76. The number of nitrogens with zero attached hydrogens (tertiary/aromatic N) is 3. The fraction of sp³-hybridized carbons (Fsp3) is 0.133. The van der Waals surface area contributed by atoms with Crippen LogP contribution in [0.5, 0.6) is 0 Å². The van der Waals surface area contributed by atoms with Gasteiger partial charge in [-0.15, -0.1) is 11.3 Å². The Morgan fingerprint density at radius 3 is 2.71 bits per heavy atom. The zero-order valence-electron chi connectivity index (χ0n) is 11.4. The van der Waals surface area contributed by atoms with E-state index >= 15 is 0 Å².